The summed E-state index contributed by atoms with van der Waals surface area (Å²) in [4.78, 5) is 2.39. The van der Waals surface area contributed by atoms with Crippen LogP contribution in [0.15, 0.2) is 12.7 Å². The van der Waals surface area contributed by atoms with Gasteiger partial charge in [-0.1, -0.05) is 6.08 Å². The first-order chi connectivity index (χ1) is 5.73. The first-order valence-electron chi connectivity index (χ1n) is 4.64. The zero-order chi connectivity index (χ0) is 8.60. The largest absolute Gasteiger partial charge is 0.283 e. The predicted octanol–water partition coefficient (Wildman–Crippen LogP) is 0.962. The minimum atomic E-state index is -0.199. The van der Waals surface area contributed by atoms with E-state index >= 15 is 0 Å². The molecule has 2 bridgehead atoms. The summed E-state index contributed by atoms with van der Waals surface area (Å²) >= 11 is 0. The van der Waals surface area contributed by atoms with Crippen molar-refractivity contribution in [2.45, 2.75) is 12.5 Å². The van der Waals surface area contributed by atoms with Crippen LogP contribution in [0.1, 0.15) is 6.42 Å². The molecule has 68 valence electrons. The van der Waals surface area contributed by atoms with Crippen molar-refractivity contribution in [3.8, 4) is 0 Å². The van der Waals surface area contributed by atoms with Crippen LogP contribution in [0.3, 0.4) is 0 Å². The Morgan fingerprint density at radius 3 is 2.67 bits per heavy atom. The average molecular weight is 171 g/mol. The second-order valence-electron chi connectivity index (χ2n) is 3.87. The van der Waals surface area contributed by atoms with Gasteiger partial charge < -0.3 is 0 Å². The molecule has 3 aliphatic heterocycles. The Morgan fingerprint density at radius 1 is 1.50 bits per heavy atom. The van der Waals surface area contributed by atoms with E-state index in [0.717, 1.165) is 19.5 Å². The molecule has 2 nitrogen and oxygen atoms in total. The molecule has 1 unspecified atom stereocenters. The van der Waals surface area contributed by atoms with Crippen LogP contribution in [0.2, 0.25) is 0 Å². The fraction of sp³-hybridized carbons (Fsp3) is 0.778. The molecule has 3 aliphatic rings. The Balaban J connectivity index is 2.05. The monoisotopic (exact) mass is 171 g/mol. The third-order valence-electron chi connectivity index (χ3n) is 3.07. The van der Waals surface area contributed by atoms with Crippen LogP contribution in [-0.2, 0) is 0 Å². The lowest BCUT2D eigenvalue weighted by Crippen LogP contribution is -2.67. The third kappa shape index (κ3) is 1.27. The summed E-state index contributed by atoms with van der Waals surface area (Å²) in [6.45, 7) is 7.61. The molecule has 0 aromatic heterocycles. The number of hydrogen-bond donors (Lipinski definition) is 0. The van der Waals surface area contributed by atoms with Crippen LogP contribution in [-0.4, -0.2) is 48.4 Å². The summed E-state index contributed by atoms with van der Waals surface area (Å²) in [5.74, 6) is 0. The first-order valence-corrected chi connectivity index (χ1v) is 4.64. The van der Waals surface area contributed by atoms with Gasteiger partial charge in [0, 0.05) is 0 Å². The van der Waals surface area contributed by atoms with E-state index in [1.165, 1.54) is 0 Å². The Kier molecular flexibility index (Phi) is 1.93. The van der Waals surface area contributed by atoms with E-state index in [1.54, 1.807) is 0 Å². The highest BCUT2D eigenvalue weighted by Gasteiger charge is 2.45. The third-order valence-corrected chi connectivity index (χ3v) is 3.07. The molecule has 0 amide bonds. The van der Waals surface area contributed by atoms with E-state index in [1.807, 2.05) is 6.08 Å². The zero-order valence-corrected chi connectivity index (χ0v) is 7.38. The van der Waals surface area contributed by atoms with E-state index < -0.39 is 0 Å². The molecule has 0 spiro atoms. The van der Waals surface area contributed by atoms with Crippen molar-refractivity contribution in [3.05, 3.63) is 12.7 Å². The van der Waals surface area contributed by atoms with Gasteiger partial charge in [-0.2, -0.15) is 0 Å². The minimum absolute atomic E-state index is 0.199. The molecule has 3 fully saturated rings. The van der Waals surface area contributed by atoms with E-state index in [-0.39, 0.29) is 4.71 Å². The zero-order valence-electron chi connectivity index (χ0n) is 7.38. The normalized spacial score (nSPS) is 46.1. The fourth-order valence-corrected chi connectivity index (χ4v) is 2.30. The molecule has 1 atom stereocenters. The van der Waals surface area contributed by atoms with Crippen LogP contribution in [0.25, 0.3) is 0 Å². The molecule has 0 N–H and O–H groups in total. The maximum absolute atomic E-state index is 13.8. The lowest BCUT2D eigenvalue weighted by atomic mass is 10.0. The first kappa shape index (κ1) is 8.20. The summed E-state index contributed by atoms with van der Waals surface area (Å²) in [6, 6.07) is 0.412. The maximum Gasteiger partial charge on any atom is 0.131 e. The van der Waals surface area contributed by atoms with Gasteiger partial charge in [0.15, 0.2) is 0 Å². The number of nitrogens with zero attached hydrogens (tertiary/aromatic N) is 2. The summed E-state index contributed by atoms with van der Waals surface area (Å²) < 4.78 is 13.6. The molecular formula is C9H16FN2+. The Labute approximate surface area is 72.8 Å². The second-order valence-corrected chi connectivity index (χ2v) is 3.87. The number of piperazine rings is 3. The number of halogens is 1. The summed E-state index contributed by atoms with van der Waals surface area (Å²) in [5.41, 5.74) is 0. The van der Waals surface area contributed by atoms with E-state index in [0.29, 0.717) is 25.7 Å². The van der Waals surface area contributed by atoms with Gasteiger partial charge in [0.2, 0.25) is 0 Å². The van der Waals surface area contributed by atoms with Crippen molar-refractivity contribution in [1.29, 1.82) is 0 Å². The second kappa shape index (κ2) is 2.82. The van der Waals surface area contributed by atoms with Gasteiger partial charge in [-0.05, 0) is 10.9 Å². The number of rotatable bonds is 2. The average Bonchev–Trinajstić information content (AvgIpc) is 2.05. The van der Waals surface area contributed by atoms with Crippen LogP contribution in [0, 0.1) is 0 Å². The molecule has 3 rings (SSSR count). The topological polar surface area (TPSA) is 3.24 Å². The smallest absolute Gasteiger partial charge is 0.131 e. The Morgan fingerprint density at radius 2 is 2.17 bits per heavy atom. The maximum atomic E-state index is 13.8. The van der Waals surface area contributed by atoms with E-state index in [4.69, 9.17) is 0 Å². The molecule has 0 saturated carbocycles. The molecular weight excluding hydrogens is 155 g/mol. The van der Waals surface area contributed by atoms with Gasteiger partial charge in [-0.25, -0.2) is 0 Å². The molecule has 3 heteroatoms. The summed E-state index contributed by atoms with van der Waals surface area (Å²) in [7, 11) is 0. The fourth-order valence-electron chi connectivity index (χ4n) is 2.30. The van der Waals surface area contributed by atoms with E-state index in [2.05, 4.69) is 11.5 Å². The van der Waals surface area contributed by atoms with Gasteiger partial charge in [0.25, 0.3) is 0 Å². The standard InChI is InChI=1S/C9H16FN2/c1-2-3-9-8-12(10)6-4-11(9)5-7-12/h2,9H,1,3-8H2/q+1. The number of fused-ring (bicyclic) bond motifs is 3. The summed E-state index contributed by atoms with van der Waals surface area (Å²) in [5, 5.41) is 0. The SMILES string of the molecule is C=CCC1C[N+]2(F)CCN1CC2. The van der Waals surface area contributed by atoms with Gasteiger partial charge >= 0.3 is 0 Å². The van der Waals surface area contributed by atoms with Crippen LogP contribution >= 0.6 is 0 Å². The van der Waals surface area contributed by atoms with Crippen LogP contribution in [0.4, 0.5) is 4.48 Å². The van der Waals surface area contributed by atoms with Crippen molar-refractivity contribution in [2.75, 3.05) is 32.7 Å². The van der Waals surface area contributed by atoms with Gasteiger partial charge in [0.05, 0.1) is 19.1 Å². The predicted molar refractivity (Wildman–Crippen MR) is 46.1 cm³/mol. The molecule has 12 heavy (non-hydrogen) atoms. The highest BCUT2D eigenvalue weighted by atomic mass is 19.2. The van der Waals surface area contributed by atoms with Crippen molar-refractivity contribution >= 4 is 0 Å². The van der Waals surface area contributed by atoms with Gasteiger partial charge in [-0.3, -0.25) is 4.90 Å². The van der Waals surface area contributed by atoms with Crippen molar-refractivity contribution in [1.82, 2.24) is 4.90 Å². The quantitative estimate of drug-likeness (QED) is 0.442. The van der Waals surface area contributed by atoms with Crippen molar-refractivity contribution < 1.29 is 9.19 Å². The molecule has 0 radical (unpaired) electrons. The minimum Gasteiger partial charge on any atom is -0.283 e. The lowest BCUT2D eigenvalue weighted by Gasteiger charge is -2.47. The highest BCUT2D eigenvalue weighted by molar-refractivity contribution is 4.85. The molecule has 0 aromatic rings. The summed E-state index contributed by atoms with van der Waals surface area (Å²) in [6.07, 6.45) is 2.84. The molecule has 3 saturated heterocycles. The molecule has 0 aliphatic carbocycles. The van der Waals surface area contributed by atoms with E-state index in [9.17, 15) is 4.48 Å². The van der Waals surface area contributed by atoms with Crippen molar-refractivity contribution in [3.63, 3.8) is 0 Å². The van der Waals surface area contributed by atoms with Gasteiger partial charge in [-0.15, -0.1) is 11.3 Å². The van der Waals surface area contributed by atoms with Crippen LogP contribution < -0.4 is 0 Å². The Hall–Kier alpha value is -0.410. The molecule has 3 heterocycles. The Bertz CT molecular complexity index is 185. The van der Waals surface area contributed by atoms with Crippen molar-refractivity contribution in [2.24, 2.45) is 0 Å². The highest BCUT2D eigenvalue weighted by Crippen LogP contribution is 2.26. The molecule has 0 aromatic carbocycles. The number of quaternary nitrogens is 1. The van der Waals surface area contributed by atoms with Crippen LogP contribution in [0.5, 0.6) is 0 Å². The lowest BCUT2D eigenvalue weighted by molar-refractivity contribution is -1.07. The van der Waals surface area contributed by atoms with Gasteiger partial charge in [0.1, 0.15) is 19.6 Å². The number of hydrogen-bond acceptors (Lipinski definition) is 1.